The van der Waals surface area contributed by atoms with E-state index in [-0.39, 0.29) is 0 Å². The maximum Gasteiger partial charge on any atom is 0.142 e. The Bertz CT molecular complexity index is 329. The van der Waals surface area contributed by atoms with E-state index in [0.29, 0.717) is 12.0 Å². The van der Waals surface area contributed by atoms with Gasteiger partial charge in [0.2, 0.25) is 0 Å². The summed E-state index contributed by atoms with van der Waals surface area (Å²) in [5.41, 5.74) is 8.03. The Morgan fingerprint density at radius 3 is 2.64 bits per heavy atom. The lowest BCUT2D eigenvalue weighted by molar-refractivity contribution is 0.304. The van der Waals surface area contributed by atoms with Crippen molar-refractivity contribution in [3.8, 4) is 5.75 Å². The van der Waals surface area contributed by atoms with Crippen molar-refractivity contribution in [2.24, 2.45) is 0 Å². The van der Waals surface area contributed by atoms with E-state index in [1.165, 1.54) is 18.4 Å². The van der Waals surface area contributed by atoms with Gasteiger partial charge in [0, 0.05) is 0 Å². The fraction of sp³-hybridized carbons (Fsp3) is 0.500. The minimum absolute atomic E-state index is 0.416. The van der Waals surface area contributed by atoms with Crippen molar-refractivity contribution in [1.82, 2.24) is 0 Å². The van der Waals surface area contributed by atoms with Crippen LogP contribution in [0, 0.1) is 0 Å². The Kier molecular flexibility index (Phi) is 2.36. The monoisotopic (exact) mass is 191 g/mol. The van der Waals surface area contributed by atoms with Crippen molar-refractivity contribution < 1.29 is 4.74 Å². The van der Waals surface area contributed by atoms with Gasteiger partial charge in [-0.1, -0.05) is 26.0 Å². The van der Waals surface area contributed by atoms with Crippen LogP contribution in [0.15, 0.2) is 18.2 Å². The molecule has 2 rings (SSSR count). The molecule has 1 aromatic rings. The first kappa shape index (κ1) is 9.38. The molecule has 0 aliphatic heterocycles. The summed E-state index contributed by atoms with van der Waals surface area (Å²) in [4.78, 5) is 0. The van der Waals surface area contributed by atoms with Crippen LogP contribution < -0.4 is 10.5 Å². The van der Waals surface area contributed by atoms with Crippen molar-refractivity contribution in [2.75, 3.05) is 5.73 Å². The summed E-state index contributed by atoms with van der Waals surface area (Å²) in [6.45, 7) is 4.29. The minimum atomic E-state index is 0.416. The molecular formula is C12H17NO. The second-order valence-corrected chi connectivity index (χ2v) is 4.23. The molecule has 14 heavy (non-hydrogen) atoms. The molecule has 0 aromatic heterocycles. The smallest absolute Gasteiger partial charge is 0.142 e. The van der Waals surface area contributed by atoms with Crippen LogP contribution in [0.3, 0.4) is 0 Å². The molecule has 2 nitrogen and oxygen atoms in total. The Labute approximate surface area is 85.1 Å². The highest BCUT2D eigenvalue weighted by molar-refractivity contribution is 5.59. The molecule has 0 spiro atoms. The zero-order chi connectivity index (χ0) is 10.1. The summed E-state index contributed by atoms with van der Waals surface area (Å²) in [6, 6.07) is 6.04. The number of hydrogen-bond acceptors (Lipinski definition) is 2. The van der Waals surface area contributed by atoms with Gasteiger partial charge >= 0.3 is 0 Å². The van der Waals surface area contributed by atoms with Gasteiger partial charge in [0.15, 0.2) is 0 Å². The molecule has 1 aliphatic carbocycles. The van der Waals surface area contributed by atoms with Crippen LogP contribution in [0.25, 0.3) is 0 Å². The number of benzene rings is 1. The van der Waals surface area contributed by atoms with Crippen molar-refractivity contribution in [3.05, 3.63) is 23.8 Å². The Balaban J connectivity index is 2.25. The molecule has 1 aromatic carbocycles. The second-order valence-electron chi connectivity index (χ2n) is 4.23. The molecule has 0 saturated heterocycles. The Morgan fingerprint density at radius 2 is 2.07 bits per heavy atom. The van der Waals surface area contributed by atoms with E-state index in [2.05, 4.69) is 19.9 Å². The van der Waals surface area contributed by atoms with E-state index in [4.69, 9.17) is 10.5 Å². The predicted octanol–water partition coefficient (Wildman–Crippen LogP) is 2.93. The predicted molar refractivity (Wildman–Crippen MR) is 58.6 cm³/mol. The number of anilines is 1. The van der Waals surface area contributed by atoms with Crippen LogP contribution in [0.1, 0.15) is 38.2 Å². The van der Waals surface area contributed by atoms with Crippen LogP contribution in [0.4, 0.5) is 5.69 Å². The van der Waals surface area contributed by atoms with Crippen molar-refractivity contribution >= 4 is 5.69 Å². The lowest BCUT2D eigenvalue weighted by Crippen LogP contribution is -2.03. The summed E-state index contributed by atoms with van der Waals surface area (Å²) < 4.78 is 5.72. The van der Waals surface area contributed by atoms with Crippen LogP contribution in [-0.4, -0.2) is 6.10 Å². The van der Waals surface area contributed by atoms with Crippen LogP contribution >= 0.6 is 0 Å². The molecule has 0 unspecified atom stereocenters. The van der Waals surface area contributed by atoms with E-state index in [1.807, 2.05) is 12.1 Å². The molecule has 1 fully saturated rings. The first-order valence-electron chi connectivity index (χ1n) is 5.23. The van der Waals surface area contributed by atoms with Crippen molar-refractivity contribution in [2.45, 2.75) is 38.7 Å². The SMILES string of the molecule is CC(C)c1cccc(OC2CC2)c1N. The Hall–Kier alpha value is -1.18. The van der Waals surface area contributed by atoms with Gasteiger partial charge in [-0.25, -0.2) is 0 Å². The summed E-state index contributed by atoms with van der Waals surface area (Å²) in [7, 11) is 0. The van der Waals surface area contributed by atoms with E-state index < -0.39 is 0 Å². The van der Waals surface area contributed by atoms with Gasteiger partial charge in [0.1, 0.15) is 5.75 Å². The molecule has 76 valence electrons. The lowest BCUT2D eigenvalue weighted by atomic mass is 10.0. The third kappa shape index (κ3) is 1.84. The van der Waals surface area contributed by atoms with Gasteiger partial charge in [-0.3, -0.25) is 0 Å². The third-order valence-electron chi connectivity index (χ3n) is 2.54. The van der Waals surface area contributed by atoms with Crippen LogP contribution in [-0.2, 0) is 0 Å². The van der Waals surface area contributed by atoms with Gasteiger partial charge in [-0.15, -0.1) is 0 Å². The molecule has 0 radical (unpaired) electrons. The first-order chi connectivity index (χ1) is 6.68. The minimum Gasteiger partial charge on any atom is -0.488 e. The molecule has 0 heterocycles. The van der Waals surface area contributed by atoms with Crippen LogP contribution in [0.2, 0.25) is 0 Å². The van der Waals surface area contributed by atoms with E-state index in [1.54, 1.807) is 0 Å². The number of hydrogen-bond donors (Lipinski definition) is 1. The Morgan fingerprint density at radius 1 is 1.36 bits per heavy atom. The number of rotatable bonds is 3. The summed E-state index contributed by atoms with van der Waals surface area (Å²) in [5, 5.41) is 0. The largest absolute Gasteiger partial charge is 0.488 e. The van der Waals surface area contributed by atoms with E-state index in [9.17, 15) is 0 Å². The molecule has 1 saturated carbocycles. The number of nitrogen functional groups attached to an aromatic ring is 1. The number of para-hydroxylation sites is 1. The molecule has 1 aliphatic rings. The maximum atomic E-state index is 6.04. The molecule has 2 heteroatoms. The quantitative estimate of drug-likeness (QED) is 0.745. The van der Waals surface area contributed by atoms with E-state index >= 15 is 0 Å². The van der Waals surface area contributed by atoms with Gasteiger partial charge in [-0.2, -0.15) is 0 Å². The standard InChI is InChI=1S/C12H17NO/c1-8(2)10-4-3-5-11(12(10)13)14-9-6-7-9/h3-5,8-9H,6-7,13H2,1-2H3. The topological polar surface area (TPSA) is 35.2 Å². The maximum absolute atomic E-state index is 6.04. The highest BCUT2D eigenvalue weighted by Crippen LogP contribution is 2.34. The molecule has 0 amide bonds. The van der Waals surface area contributed by atoms with Crippen molar-refractivity contribution in [1.29, 1.82) is 0 Å². The average molecular weight is 191 g/mol. The normalized spacial score (nSPS) is 15.9. The molecule has 2 N–H and O–H groups in total. The molecular weight excluding hydrogens is 174 g/mol. The van der Waals surface area contributed by atoms with Gasteiger partial charge in [0.25, 0.3) is 0 Å². The highest BCUT2D eigenvalue weighted by atomic mass is 16.5. The van der Waals surface area contributed by atoms with Gasteiger partial charge in [-0.05, 0) is 30.4 Å². The molecule has 0 atom stereocenters. The molecule has 0 bridgehead atoms. The van der Waals surface area contributed by atoms with Crippen LogP contribution in [0.5, 0.6) is 5.75 Å². The first-order valence-corrected chi connectivity index (χ1v) is 5.23. The number of ether oxygens (including phenoxy) is 1. The zero-order valence-corrected chi connectivity index (χ0v) is 8.79. The highest BCUT2D eigenvalue weighted by Gasteiger charge is 2.24. The average Bonchev–Trinajstić information content (AvgIpc) is 2.92. The van der Waals surface area contributed by atoms with Gasteiger partial charge < -0.3 is 10.5 Å². The summed E-state index contributed by atoms with van der Waals surface area (Å²) in [5.74, 6) is 1.32. The fourth-order valence-corrected chi connectivity index (χ4v) is 1.53. The summed E-state index contributed by atoms with van der Waals surface area (Å²) in [6.07, 6.45) is 2.76. The lowest BCUT2D eigenvalue weighted by Gasteiger charge is -2.13. The zero-order valence-electron chi connectivity index (χ0n) is 8.79. The van der Waals surface area contributed by atoms with Crippen molar-refractivity contribution in [3.63, 3.8) is 0 Å². The van der Waals surface area contributed by atoms with Gasteiger partial charge in [0.05, 0.1) is 11.8 Å². The fourth-order valence-electron chi connectivity index (χ4n) is 1.53. The number of nitrogens with two attached hydrogens (primary N) is 1. The second kappa shape index (κ2) is 3.52. The third-order valence-corrected chi connectivity index (χ3v) is 2.54. The van der Waals surface area contributed by atoms with E-state index in [0.717, 1.165) is 11.4 Å². The summed E-state index contributed by atoms with van der Waals surface area (Å²) >= 11 is 0.